The minimum atomic E-state index is -0.0927. The van der Waals surface area contributed by atoms with E-state index in [0.29, 0.717) is 10.0 Å². The van der Waals surface area contributed by atoms with Crippen molar-refractivity contribution in [2.45, 2.75) is 12.5 Å². The summed E-state index contributed by atoms with van der Waals surface area (Å²) in [6.07, 6.45) is 0.720. The van der Waals surface area contributed by atoms with Crippen molar-refractivity contribution < 1.29 is 0 Å². The maximum Gasteiger partial charge on any atom is 0.0515 e. The van der Waals surface area contributed by atoms with Crippen LogP contribution >= 0.6 is 39.1 Å². The number of rotatable bonds is 4. The molecule has 0 aliphatic rings. The van der Waals surface area contributed by atoms with Crippen LogP contribution in [0.2, 0.25) is 10.0 Å². The number of halogens is 3. The lowest BCUT2D eigenvalue weighted by Gasteiger charge is -2.19. The van der Waals surface area contributed by atoms with E-state index in [9.17, 15) is 0 Å². The molecule has 0 spiro atoms. The van der Waals surface area contributed by atoms with Crippen LogP contribution in [0.5, 0.6) is 0 Å². The molecule has 2 rings (SSSR count). The summed E-state index contributed by atoms with van der Waals surface area (Å²) in [5.41, 5.74) is 4.85. The fraction of sp³-hybridized carbons (Fsp3) is 0.143. The zero-order valence-corrected chi connectivity index (χ0v) is 13.1. The highest BCUT2D eigenvalue weighted by molar-refractivity contribution is 9.10. The smallest absolute Gasteiger partial charge is 0.0515 e. The number of nitrogens with two attached hydrogens (primary N) is 1. The van der Waals surface area contributed by atoms with Crippen molar-refractivity contribution in [3.8, 4) is 0 Å². The zero-order valence-electron chi connectivity index (χ0n) is 10.0. The maximum atomic E-state index is 6.21. The Morgan fingerprint density at radius 3 is 2.58 bits per heavy atom. The molecule has 100 valence electrons. The Balaban J connectivity index is 2.30. The SMILES string of the molecule is NNC(Cc1ccccc1Br)c1cc(Cl)ccc1Cl. The van der Waals surface area contributed by atoms with Crippen molar-refractivity contribution in [1.82, 2.24) is 5.43 Å². The van der Waals surface area contributed by atoms with Gasteiger partial charge in [0.2, 0.25) is 0 Å². The Bertz CT molecular complexity index is 575. The molecular weight excluding hydrogens is 347 g/mol. The molecule has 2 aromatic rings. The quantitative estimate of drug-likeness (QED) is 0.622. The molecule has 3 N–H and O–H groups in total. The van der Waals surface area contributed by atoms with Crippen LogP contribution < -0.4 is 11.3 Å². The third kappa shape index (κ3) is 3.71. The molecule has 0 amide bonds. The van der Waals surface area contributed by atoms with E-state index in [0.717, 1.165) is 22.0 Å². The Labute approximate surface area is 131 Å². The van der Waals surface area contributed by atoms with Gasteiger partial charge >= 0.3 is 0 Å². The molecule has 1 unspecified atom stereocenters. The average molecular weight is 360 g/mol. The van der Waals surface area contributed by atoms with Crippen LogP contribution in [0, 0.1) is 0 Å². The normalized spacial score (nSPS) is 12.4. The number of hydrogen-bond acceptors (Lipinski definition) is 2. The summed E-state index contributed by atoms with van der Waals surface area (Å²) < 4.78 is 1.05. The molecule has 0 radical (unpaired) electrons. The predicted octanol–water partition coefficient (Wildman–Crippen LogP) is 4.50. The van der Waals surface area contributed by atoms with Gasteiger partial charge in [0.1, 0.15) is 0 Å². The van der Waals surface area contributed by atoms with Crippen molar-refractivity contribution in [2.24, 2.45) is 5.84 Å². The summed E-state index contributed by atoms with van der Waals surface area (Å²) in [4.78, 5) is 0. The number of hydrazine groups is 1. The molecule has 0 fully saturated rings. The predicted molar refractivity (Wildman–Crippen MR) is 84.4 cm³/mol. The Kier molecular flexibility index (Phi) is 5.25. The van der Waals surface area contributed by atoms with Crippen LogP contribution in [0.1, 0.15) is 17.2 Å². The molecule has 0 aliphatic carbocycles. The Hall–Kier alpha value is -0.580. The van der Waals surface area contributed by atoms with Crippen molar-refractivity contribution in [3.63, 3.8) is 0 Å². The zero-order chi connectivity index (χ0) is 13.8. The molecule has 1 atom stereocenters. The minimum Gasteiger partial charge on any atom is -0.271 e. The van der Waals surface area contributed by atoms with E-state index in [1.165, 1.54) is 0 Å². The van der Waals surface area contributed by atoms with Gasteiger partial charge in [0.15, 0.2) is 0 Å². The molecule has 0 aromatic heterocycles. The van der Waals surface area contributed by atoms with Crippen molar-refractivity contribution in [2.75, 3.05) is 0 Å². The molecule has 0 bridgehead atoms. The van der Waals surface area contributed by atoms with Gasteiger partial charge in [0.25, 0.3) is 0 Å². The van der Waals surface area contributed by atoms with Gasteiger partial charge in [0.05, 0.1) is 6.04 Å². The van der Waals surface area contributed by atoms with E-state index in [2.05, 4.69) is 21.4 Å². The van der Waals surface area contributed by atoms with E-state index in [1.54, 1.807) is 12.1 Å². The van der Waals surface area contributed by atoms with Gasteiger partial charge in [-0.3, -0.25) is 11.3 Å². The number of nitrogens with one attached hydrogen (secondary N) is 1. The fourth-order valence-electron chi connectivity index (χ4n) is 1.92. The van der Waals surface area contributed by atoms with Gasteiger partial charge in [-0.2, -0.15) is 0 Å². The molecule has 0 aliphatic heterocycles. The second kappa shape index (κ2) is 6.73. The van der Waals surface area contributed by atoms with Crippen molar-refractivity contribution in [3.05, 3.63) is 68.1 Å². The molecule has 0 saturated heterocycles. The maximum absolute atomic E-state index is 6.21. The second-order valence-electron chi connectivity index (χ2n) is 4.18. The van der Waals surface area contributed by atoms with Crippen LogP contribution in [-0.4, -0.2) is 0 Å². The number of benzene rings is 2. The van der Waals surface area contributed by atoms with Crippen LogP contribution in [0.15, 0.2) is 46.9 Å². The lowest BCUT2D eigenvalue weighted by Crippen LogP contribution is -2.29. The lowest BCUT2D eigenvalue weighted by atomic mass is 9.99. The summed E-state index contributed by atoms with van der Waals surface area (Å²) in [6, 6.07) is 13.3. The molecule has 2 nitrogen and oxygen atoms in total. The monoisotopic (exact) mass is 358 g/mol. The molecular formula is C14H13BrCl2N2. The highest BCUT2D eigenvalue weighted by Gasteiger charge is 2.15. The third-order valence-electron chi connectivity index (χ3n) is 2.92. The highest BCUT2D eigenvalue weighted by atomic mass is 79.9. The van der Waals surface area contributed by atoms with Gasteiger partial charge in [-0.1, -0.05) is 57.3 Å². The van der Waals surface area contributed by atoms with Gasteiger partial charge in [0, 0.05) is 14.5 Å². The van der Waals surface area contributed by atoms with E-state index in [1.807, 2.05) is 30.3 Å². The van der Waals surface area contributed by atoms with Gasteiger partial charge in [-0.15, -0.1) is 0 Å². The van der Waals surface area contributed by atoms with Crippen LogP contribution in [0.3, 0.4) is 0 Å². The van der Waals surface area contributed by atoms with E-state index < -0.39 is 0 Å². The first-order valence-corrected chi connectivity index (χ1v) is 7.31. The molecule has 5 heteroatoms. The van der Waals surface area contributed by atoms with Gasteiger partial charge in [-0.25, -0.2) is 0 Å². The summed E-state index contributed by atoms with van der Waals surface area (Å²) in [5, 5.41) is 1.30. The topological polar surface area (TPSA) is 38.0 Å². The van der Waals surface area contributed by atoms with E-state index in [4.69, 9.17) is 29.0 Å². The fourth-order valence-corrected chi connectivity index (χ4v) is 2.80. The van der Waals surface area contributed by atoms with Gasteiger partial charge < -0.3 is 0 Å². The highest BCUT2D eigenvalue weighted by Crippen LogP contribution is 2.29. The summed E-state index contributed by atoms with van der Waals surface area (Å²) in [6.45, 7) is 0. The van der Waals surface area contributed by atoms with Crippen LogP contribution in [0.4, 0.5) is 0 Å². The first kappa shape index (κ1) is 14.8. The van der Waals surface area contributed by atoms with E-state index >= 15 is 0 Å². The largest absolute Gasteiger partial charge is 0.271 e. The summed E-state index contributed by atoms with van der Waals surface area (Å²) >= 11 is 15.8. The molecule has 0 heterocycles. The molecule has 0 saturated carbocycles. The minimum absolute atomic E-state index is 0.0927. The Morgan fingerprint density at radius 1 is 1.16 bits per heavy atom. The molecule has 2 aromatic carbocycles. The van der Waals surface area contributed by atoms with Gasteiger partial charge in [-0.05, 0) is 41.8 Å². The first-order valence-electron chi connectivity index (χ1n) is 5.76. The van der Waals surface area contributed by atoms with Crippen LogP contribution in [0.25, 0.3) is 0 Å². The van der Waals surface area contributed by atoms with E-state index in [-0.39, 0.29) is 6.04 Å². The molecule has 19 heavy (non-hydrogen) atoms. The second-order valence-corrected chi connectivity index (χ2v) is 5.88. The summed E-state index contributed by atoms with van der Waals surface area (Å²) in [7, 11) is 0. The van der Waals surface area contributed by atoms with Crippen molar-refractivity contribution >= 4 is 39.1 Å². The average Bonchev–Trinajstić information content (AvgIpc) is 2.41. The lowest BCUT2D eigenvalue weighted by molar-refractivity contribution is 0.551. The summed E-state index contributed by atoms with van der Waals surface area (Å²) in [5.74, 6) is 5.65. The Morgan fingerprint density at radius 2 is 1.89 bits per heavy atom. The van der Waals surface area contributed by atoms with Crippen LogP contribution in [-0.2, 0) is 6.42 Å². The third-order valence-corrected chi connectivity index (χ3v) is 4.27. The van der Waals surface area contributed by atoms with Crippen molar-refractivity contribution in [1.29, 1.82) is 0 Å². The first-order chi connectivity index (χ1) is 9.11. The number of hydrogen-bond donors (Lipinski definition) is 2. The standard InChI is InChI=1S/C14H13BrCl2N2/c15-12-4-2-1-3-9(12)7-14(19-18)11-8-10(16)5-6-13(11)17/h1-6,8,14,19H,7,18H2.